The van der Waals surface area contributed by atoms with Crippen molar-refractivity contribution in [1.29, 1.82) is 0 Å². The highest BCUT2D eigenvalue weighted by atomic mass is 16.2. The van der Waals surface area contributed by atoms with Gasteiger partial charge in [0.1, 0.15) is 0 Å². The van der Waals surface area contributed by atoms with Gasteiger partial charge in [0.05, 0.1) is 16.8 Å². The van der Waals surface area contributed by atoms with Gasteiger partial charge in [0.25, 0.3) is 5.91 Å². The Morgan fingerprint density at radius 3 is 2.67 bits per heavy atom. The lowest BCUT2D eigenvalue weighted by Crippen LogP contribution is -2.27. The SMILES string of the molecule is CCN(C)C(=O)c1cc2cc(C)ccc2nc1C. The number of carbonyl (C=O) groups excluding carboxylic acids is 1. The van der Waals surface area contributed by atoms with E-state index in [1.54, 1.807) is 4.90 Å². The molecular weight excluding hydrogens is 224 g/mol. The van der Waals surface area contributed by atoms with Gasteiger partial charge in [-0.05, 0) is 39.0 Å². The molecule has 0 saturated heterocycles. The Labute approximate surface area is 107 Å². The molecule has 3 heteroatoms. The van der Waals surface area contributed by atoms with Crippen LogP contribution in [0.15, 0.2) is 24.3 Å². The predicted octanol–water partition coefficient (Wildman–Crippen LogP) is 2.94. The van der Waals surface area contributed by atoms with Crippen molar-refractivity contribution in [3.63, 3.8) is 0 Å². The van der Waals surface area contributed by atoms with E-state index < -0.39 is 0 Å². The molecule has 1 heterocycles. The number of hydrogen-bond donors (Lipinski definition) is 0. The summed E-state index contributed by atoms with van der Waals surface area (Å²) >= 11 is 0. The van der Waals surface area contributed by atoms with Gasteiger partial charge in [-0.1, -0.05) is 11.6 Å². The number of carbonyl (C=O) groups is 1. The molecule has 3 nitrogen and oxygen atoms in total. The molecule has 0 bridgehead atoms. The summed E-state index contributed by atoms with van der Waals surface area (Å²) in [5.41, 5.74) is 3.60. The van der Waals surface area contributed by atoms with Crippen molar-refractivity contribution in [2.45, 2.75) is 20.8 Å². The Balaban J connectivity index is 2.58. The van der Waals surface area contributed by atoms with Crippen molar-refractivity contribution >= 4 is 16.8 Å². The van der Waals surface area contributed by atoms with Crippen molar-refractivity contribution in [2.24, 2.45) is 0 Å². The summed E-state index contributed by atoms with van der Waals surface area (Å²) in [4.78, 5) is 18.4. The lowest BCUT2D eigenvalue weighted by molar-refractivity contribution is 0.0801. The van der Waals surface area contributed by atoms with E-state index in [1.807, 2.05) is 46.0 Å². The number of amides is 1. The molecule has 0 aliphatic rings. The van der Waals surface area contributed by atoms with Gasteiger partial charge in [-0.15, -0.1) is 0 Å². The van der Waals surface area contributed by atoms with E-state index in [-0.39, 0.29) is 5.91 Å². The van der Waals surface area contributed by atoms with Crippen LogP contribution in [0.1, 0.15) is 28.5 Å². The van der Waals surface area contributed by atoms with E-state index in [0.29, 0.717) is 12.1 Å². The van der Waals surface area contributed by atoms with Gasteiger partial charge in [-0.2, -0.15) is 0 Å². The van der Waals surface area contributed by atoms with Crippen molar-refractivity contribution in [1.82, 2.24) is 9.88 Å². The Hall–Kier alpha value is -1.90. The molecule has 2 aromatic rings. The summed E-state index contributed by atoms with van der Waals surface area (Å²) in [6.45, 7) is 6.59. The highest BCUT2D eigenvalue weighted by Gasteiger charge is 2.14. The lowest BCUT2D eigenvalue weighted by atomic mass is 10.1. The van der Waals surface area contributed by atoms with Crippen molar-refractivity contribution in [2.75, 3.05) is 13.6 Å². The van der Waals surface area contributed by atoms with Crippen LogP contribution in [0.3, 0.4) is 0 Å². The van der Waals surface area contributed by atoms with Crippen molar-refractivity contribution in [3.05, 3.63) is 41.1 Å². The van der Waals surface area contributed by atoms with Crippen LogP contribution in [0.25, 0.3) is 10.9 Å². The summed E-state index contributed by atoms with van der Waals surface area (Å²) in [6.07, 6.45) is 0. The van der Waals surface area contributed by atoms with Gasteiger partial charge in [0, 0.05) is 19.0 Å². The Kier molecular flexibility index (Phi) is 3.32. The van der Waals surface area contributed by atoms with Crippen molar-refractivity contribution in [3.8, 4) is 0 Å². The third kappa shape index (κ3) is 2.21. The number of fused-ring (bicyclic) bond motifs is 1. The third-order valence-electron chi connectivity index (χ3n) is 3.21. The molecule has 0 unspecified atom stereocenters. The first kappa shape index (κ1) is 12.6. The number of hydrogen-bond acceptors (Lipinski definition) is 2. The van der Waals surface area contributed by atoms with Crippen LogP contribution in [0.5, 0.6) is 0 Å². The molecule has 18 heavy (non-hydrogen) atoms. The van der Waals surface area contributed by atoms with E-state index >= 15 is 0 Å². The third-order valence-corrected chi connectivity index (χ3v) is 3.21. The monoisotopic (exact) mass is 242 g/mol. The molecule has 0 fully saturated rings. The van der Waals surface area contributed by atoms with Crippen LogP contribution in [-0.4, -0.2) is 29.4 Å². The fourth-order valence-corrected chi connectivity index (χ4v) is 1.96. The molecule has 0 aliphatic carbocycles. The molecule has 1 aromatic heterocycles. The molecule has 1 amide bonds. The number of nitrogens with zero attached hydrogens (tertiary/aromatic N) is 2. The second kappa shape index (κ2) is 4.77. The van der Waals surface area contributed by atoms with Gasteiger partial charge >= 0.3 is 0 Å². The number of pyridine rings is 1. The molecule has 1 aromatic carbocycles. The van der Waals surface area contributed by atoms with Gasteiger partial charge in [0.2, 0.25) is 0 Å². The zero-order chi connectivity index (χ0) is 13.3. The highest BCUT2D eigenvalue weighted by Crippen LogP contribution is 2.19. The average molecular weight is 242 g/mol. The maximum atomic E-state index is 12.2. The average Bonchev–Trinajstić information content (AvgIpc) is 2.36. The van der Waals surface area contributed by atoms with Crippen LogP contribution >= 0.6 is 0 Å². The number of aryl methyl sites for hydroxylation is 2. The first-order valence-corrected chi connectivity index (χ1v) is 6.16. The second-order valence-corrected chi connectivity index (χ2v) is 4.64. The Morgan fingerprint density at radius 2 is 2.00 bits per heavy atom. The van der Waals surface area contributed by atoms with Gasteiger partial charge < -0.3 is 4.90 Å². The molecule has 0 aliphatic heterocycles. The summed E-state index contributed by atoms with van der Waals surface area (Å²) in [5.74, 6) is 0.0332. The Bertz CT molecular complexity index is 605. The first-order chi connectivity index (χ1) is 8.52. The van der Waals surface area contributed by atoms with Gasteiger partial charge in [0.15, 0.2) is 0 Å². The van der Waals surface area contributed by atoms with E-state index in [1.165, 1.54) is 5.56 Å². The predicted molar refractivity (Wildman–Crippen MR) is 73.9 cm³/mol. The minimum absolute atomic E-state index is 0.0332. The maximum absolute atomic E-state index is 12.2. The molecule has 0 N–H and O–H groups in total. The molecule has 94 valence electrons. The first-order valence-electron chi connectivity index (χ1n) is 6.16. The number of benzene rings is 1. The highest BCUT2D eigenvalue weighted by molar-refractivity contribution is 5.98. The molecule has 0 spiro atoms. The lowest BCUT2D eigenvalue weighted by Gasteiger charge is -2.16. The normalized spacial score (nSPS) is 10.7. The standard InChI is InChI=1S/C15H18N2O/c1-5-17(4)15(18)13-9-12-8-10(2)6-7-14(12)16-11(13)3/h6-9H,5H2,1-4H3. The van der Waals surface area contributed by atoms with E-state index in [4.69, 9.17) is 0 Å². The van der Waals surface area contributed by atoms with E-state index in [0.717, 1.165) is 16.6 Å². The summed E-state index contributed by atoms with van der Waals surface area (Å²) < 4.78 is 0. The van der Waals surface area contributed by atoms with E-state index in [9.17, 15) is 4.79 Å². The van der Waals surface area contributed by atoms with Crippen molar-refractivity contribution < 1.29 is 4.79 Å². The molecule has 0 saturated carbocycles. The number of rotatable bonds is 2. The largest absolute Gasteiger partial charge is 0.342 e. The van der Waals surface area contributed by atoms with Crippen LogP contribution in [0, 0.1) is 13.8 Å². The summed E-state index contributed by atoms with van der Waals surface area (Å²) in [7, 11) is 1.81. The number of aromatic nitrogens is 1. The Morgan fingerprint density at radius 1 is 1.28 bits per heavy atom. The molecule has 2 rings (SSSR count). The summed E-state index contributed by atoms with van der Waals surface area (Å²) in [5, 5.41) is 1.02. The van der Waals surface area contributed by atoms with Gasteiger partial charge in [-0.3, -0.25) is 9.78 Å². The molecular formula is C15H18N2O. The van der Waals surface area contributed by atoms with Gasteiger partial charge in [-0.25, -0.2) is 0 Å². The molecule has 0 atom stereocenters. The minimum atomic E-state index is 0.0332. The minimum Gasteiger partial charge on any atom is -0.342 e. The van der Waals surface area contributed by atoms with Crippen LogP contribution in [0.2, 0.25) is 0 Å². The van der Waals surface area contributed by atoms with E-state index in [2.05, 4.69) is 11.1 Å². The zero-order valence-corrected chi connectivity index (χ0v) is 11.3. The topological polar surface area (TPSA) is 33.2 Å². The van der Waals surface area contributed by atoms with Crippen LogP contribution in [-0.2, 0) is 0 Å². The fourth-order valence-electron chi connectivity index (χ4n) is 1.96. The summed E-state index contributed by atoms with van der Waals surface area (Å²) in [6, 6.07) is 8.04. The zero-order valence-electron chi connectivity index (χ0n) is 11.3. The second-order valence-electron chi connectivity index (χ2n) is 4.64. The quantitative estimate of drug-likeness (QED) is 0.811. The van der Waals surface area contributed by atoms with Crippen LogP contribution in [0.4, 0.5) is 0 Å². The maximum Gasteiger partial charge on any atom is 0.255 e. The fraction of sp³-hybridized carbons (Fsp3) is 0.333. The van der Waals surface area contributed by atoms with Crippen LogP contribution < -0.4 is 0 Å². The molecule has 0 radical (unpaired) electrons. The smallest absolute Gasteiger partial charge is 0.255 e.